The lowest BCUT2D eigenvalue weighted by Crippen LogP contribution is -2.43. The molecule has 0 amide bonds. The first-order chi connectivity index (χ1) is 11.8. The van der Waals surface area contributed by atoms with E-state index in [0.717, 1.165) is 18.4 Å². The van der Waals surface area contributed by atoms with Crippen molar-refractivity contribution in [3.05, 3.63) is 66.2 Å². The highest BCUT2D eigenvalue weighted by Crippen LogP contribution is 2.49. The Hall–Kier alpha value is -1.67. The fraction of sp³-hybridized carbons (Fsp3) is 0.435. The lowest BCUT2D eigenvalue weighted by atomic mass is 9.80. The van der Waals surface area contributed by atoms with Gasteiger partial charge in [0.05, 0.1) is 8.07 Å². The Morgan fingerprint density at radius 3 is 2.16 bits per heavy atom. The number of hydrogen-bond acceptors (Lipinski definition) is 1. The molecule has 0 heterocycles. The minimum Gasteiger partial charge on any atom is -0.294 e. The van der Waals surface area contributed by atoms with Crippen molar-refractivity contribution in [2.24, 2.45) is 17.3 Å². The molecule has 0 N–H and O–H groups in total. The highest BCUT2D eigenvalue weighted by molar-refractivity contribution is 6.89. The number of carbonyl (C=O) groups excluding carboxylic acids is 1. The number of ketones is 1. The number of carbonyl (C=O) groups is 1. The van der Waals surface area contributed by atoms with Gasteiger partial charge in [0, 0.05) is 11.0 Å². The largest absolute Gasteiger partial charge is 0.294 e. The Morgan fingerprint density at radius 1 is 1.00 bits per heavy atom. The SMILES string of the molecule is C[C@@H]1CC(C)(C(=O)c2ccccc2)C[C@H]1C[Si](C)(C)c1ccccc1. The summed E-state index contributed by atoms with van der Waals surface area (Å²) in [4.78, 5) is 13.1. The van der Waals surface area contributed by atoms with Crippen LogP contribution >= 0.6 is 0 Å². The minimum atomic E-state index is -1.47. The summed E-state index contributed by atoms with van der Waals surface area (Å²) in [5, 5.41) is 1.53. The molecule has 3 rings (SSSR count). The van der Waals surface area contributed by atoms with Crippen LogP contribution in [-0.2, 0) is 0 Å². The van der Waals surface area contributed by atoms with Gasteiger partial charge in [-0.3, -0.25) is 4.79 Å². The van der Waals surface area contributed by atoms with Gasteiger partial charge in [0.2, 0.25) is 0 Å². The molecule has 1 unspecified atom stereocenters. The number of Topliss-reactive ketones (excluding diaryl/α,β-unsaturated/α-hetero) is 1. The van der Waals surface area contributed by atoms with Gasteiger partial charge >= 0.3 is 0 Å². The zero-order valence-electron chi connectivity index (χ0n) is 16.0. The van der Waals surface area contributed by atoms with E-state index in [1.807, 2.05) is 30.3 Å². The van der Waals surface area contributed by atoms with E-state index in [-0.39, 0.29) is 5.41 Å². The molecule has 2 aromatic carbocycles. The van der Waals surface area contributed by atoms with E-state index in [1.165, 1.54) is 11.2 Å². The molecule has 0 radical (unpaired) electrons. The van der Waals surface area contributed by atoms with Gasteiger partial charge in [0.15, 0.2) is 5.78 Å². The van der Waals surface area contributed by atoms with E-state index in [9.17, 15) is 4.79 Å². The highest BCUT2D eigenvalue weighted by atomic mass is 28.3. The first kappa shape index (κ1) is 18.1. The summed E-state index contributed by atoms with van der Waals surface area (Å²) in [5.41, 5.74) is 0.671. The van der Waals surface area contributed by atoms with Crippen molar-refractivity contribution in [3.63, 3.8) is 0 Å². The van der Waals surface area contributed by atoms with E-state index in [2.05, 4.69) is 57.3 Å². The lowest BCUT2D eigenvalue weighted by molar-refractivity contribution is 0.0815. The Labute approximate surface area is 153 Å². The second kappa shape index (κ2) is 6.91. The van der Waals surface area contributed by atoms with Crippen LogP contribution < -0.4 is 5.19 Å². The third-order valence-corrected chi connectivity index (χ3v) is 9.64. The highest BCUT2D eigenvalue weighted by Gasteiger charge is 2.46. The molecule has 0 bridgehead atoms. The van der Waals surface area contributed by atoms with Crippen LogP contribution in [0.25, 0.3) is 0 Å². The van der Waals surface area contributed by atoms with Crippen LogP contribution in [0.1, 0.15) is 37.0 Å². The van der Waals surface area contributed by atoms with E-state index in [0.29, 0.717) is 17.6 Å². The van der Waals surface area contributed by atoms with E-state index in [1.54, 1.807) is 0 Å². The summed E-state index contributed by atoms with van der Waals surface area (Å²) in [5.74, 6) is 1.61. The summed E-state index contributed by atoms with van der Waals surface area (Å²) in [7, 11) is -1.47. The van der Waals surface area contributed by atoms with Crippen LogP contribution in [0.3, 0.4) is 0 Å². The quantitative estimate of drug-likeness (QED) is 0.511. The van der Waals surface area contributed by atoms with E-state index in [4.69, 9.17) is 0 Å². The average molecular weight is 351 g/mol. The topological polar surface area (TPSA) is 17.1 Å². The zero-order valence-corrected chi connectivity index (χ0v) is 17.0. The molecule has 1 aliphatic carbocycles. The summed E-state index contributed by atoms with van der Waals surface area (Å²) in [6.07, 6.45) is 2.05. The number of rotatable bonds is 5. The van der Waals surface area contributed by atoms with Crippen LogP contribution in [-0.4, -0.2) is 13.9 Å². The van der Waals surface area contributed by atoms with E-state index >= 15 is 0 Å². The molecular formula is C23H30OSi. The molecule has 1 aliphatic rings. The third kappa shape index (κ3) is 3.79. The van der Waals surface area contributed by atoms with Crippen LogP contribution in [0.2, 0.25) is 19.1 Å². The van der Waals surface area contributed by atoms with Gasteiger partial charge in [-0.05, 0) is 24.7 Å². The summed E-state index contributed by atoms with van der Waals surface area (Å²) in [6, 6.07) is 22.1. The molecule has 132 valence electrons. The molecule has 2 heteroatoms. The molecule has 3 atom stereocenters. The Bertz CT molecular complexity index is 722. The summed E-state index contributed by atoms with van der Waals surface area (Å²) in [6.45, 7) is 9.49. The van der Waals surface area contributed by atoms with E-state index < -0.39 is 8.07 Å². The number of benzene rings is 2. The van der Waals surface area contributed by atoms with Crippen molar-refractivity contribution < 1.29 is 4.79 Å². The maximum atomic E-state index is 13.1. The normalized spacial score (nSPS) is 26.6. The monoisotopic (exact) mass is 350 g/mol. The molecule has 0 aromatic heterocycles. The molecule has 1 fully saturated rings. The summed E-state index contributed by atoms with van der Waals surface area (Å²) < 4.78 is 0. The van der Waals surface area contributed by atoms with Crippen molar-refractivity contribution in [1.29, 1.82) is 0 Å². The summed E-state index contributed by atoms with van der Waals surface area (Å²) >= 11 is 0. The van der Waals surface area contributed by atoms with Crippen molar-refractivity contribution in [1.82, 2.24) is 0 Å². The predicted molar refractivity (Wildman–Crippen MR) is 109 cm³/mol. The average Bonchev–Trinajstić information content (AvgIpc) is 2.90. The molecule has 0 spiro atoms. The third-order valence-electron chi connectivity index (χ3n) is 6.20. The standard InChI is InChI=1S/C23H30OSi/c1-18-15-23(2,22(24)19-11-7-5-8-12-19)16-20(18)17-25(3,4)21-13-9-6-10-14-21/h5-14,18,20H,15-17H2,1-4H3/t18-,20+,23?/m1/s1. The molecule has 0 aliphatic heterocycles. The van der Waals surface area contributed by atoms with Crippen molar-refractivity contribution in [2.75, 3.05) is 0 Å². The first-order valence-corrected chi connectivity index (χ1v) is 12.7. The van der Waals surface area contributed by atoms with Gasteiger partial charge in [-0.2, -0.15) is 0 Å². The molecule has 1 nitrogen and oxygen atoms in total. The fourth-order valence-corrected chi connectivity index (χ4v) is 7.99. The van der Waals surface area contributed by atoms with Gasteiger partial charge in [0.25, 0.3) is 0 Å². The molecule has 25 heavy (non-hydrogen) atoms. The smallest absolute Gasteiger partial charge is 0.168 e. The maximum Gasteiger partial charge on any atom is 0.168 e. The van der Waals surface area contributed by atoms with Gasteiger partial charge in [-0.25, -0.2) is 0 Å². The van der Waals surface area contributed by atoms with Gasteiger partial charge < -0.3 is 0 Å². The predicted octanol–water partition coefficient (Wildman–Crippen LogP) is 5.54. The Morgan fingerprint density at radius 2 is 1.56 bits per heavy atom. The Balaban J connectivity index is 1.76. The van der Waals surface area contributed by atoms with Crippen LogP contribution in [0, 0.1) is 17.3 Å². The molecule has 2 aromatic rings. The molecule has 1 saturated carbocycles. The van der Waals surface area contributed by atoms with Crippen LogP contribution in [0.4, 0.5) is 0 Å². The van der Waals surface area contributed by atoms with Gasteiger partial charge in [-0.1, -0.05) is 98.8 Å². The number of hydrogen-bond donors (Lipinski definition) is 0. The first-order valence-electron chi connectivity index (χ1n) is 9.47. The molecular weight excluding hydrogens is 320 g/mol. The zero-order chi connectivity index (χ0) is 18.1. The van der Waals surface area contributed by atoms with Crippen LogP contribution in [0.15, 0.2) is 60.7 Å². The van der Waals surface area contributed by atoms with Crippen molar-refractivity contribution in [3.8, 4) is 0 Å². The van der Waals surface area contributed by atoms with Gasteiger partial charge in [0.1, 0.15) is 0 Å². The minimum absolute atomic E-state index is 0.202. The second-order valence-electron chi connectivity index (χ2n) is 8.86. The maximum absolute atomic E-state index is 13.1. The fourth-order valence-electron chi connectivity index (χ4n) is 4.80. The molecule has 0 saturated heterocycles. The van der Waals surface area contributed by atoms with Crippen molar-refractivity contribution >= 4 is 19.0 Å². The lowest BCUT2D eigenvalue weighted by Gasteiger charge is -2.29. The Kier molecular flexibility index (Phi) is 5.01. The van der Waals surface area contributed by atoms with Gasteiger partial charge in [-0.15, -0.1) is 0 Å². The van der Waals surface area contributed by atoms with Crippen LogP contribution in [0.5, 0.6) is 0 Å². The van der Waals surface area contributed by atoms with Crippen molar-refractivity contribution in [2.45, 2.75) is 45.8 Å². The second-order valence-corrected chi connectivity index (χ2v) is 13.6.